The van der Waals surface area contributed by atoms with Gasteiger partial charge >= 0.3 is 6.36 Å². The first-order valence-corrected chi connectivity index (χ1v) is 6.07. The number of hydrogen-bond acceptors (Lipinski definition) is 4. The fourth-order valence-corrected chi connectivity index (χ4v) is 1.82. The number of benzene rings is 1. The number of nitrogen functional groups attached to an aromatic ring is 1. The van der Waals surface area contributed by atoms with Crippen LogP contribution in [0.4, 0.5) is 19.0 Å². The van der Waals surface area contributed by atoms with Crippen molar-refractivity contribution < 1.29 is 22.6 Å². The first kappa shape index (κ1) is 14.4. The van der Waals surface area contributed by atoms with E-state index in [0.717, 1.165) is 6.07 Å². The fourth-order valence-electron chi connectivity index (χ4n) is 1.38. The summed E-state index contributed by atoms with van der Waals surface area (Å²) in [6.45, 7) is 0. The van der Waals surface area contributed by atoms with Crippen LogP contribution >= 0.6 is 15.9 Å². The number of hydrogen-bond donors (Lipinski definition) is 1. The van der Waals surface area contributed by atoms with Crippen molar-refractivity contribution >= 4 is 21.7 Å². The molecule has 0 bridgehead atoms. The van der Waals surface area contributed by atoms with Gasteiger partial charge in [-0.05, 0) is 40.2 Å². The van der Waals surface area contributed by atoms with Gasteiger partial charge in [0.25, 0.3) is 0 Å². The van der Waals surface area contributed by atoms with Crippen LogP contribution in [0, 0.1) is 0 Å². The van der Waals surface area contributed by atoms with E-state index in [-0.39, 0.29) is 16.0 Å². The zero-order valence-electron chi connectivity index (χ0n) is 9.82. The minimum Gasteiger partial charge on any atom is -0.457 e. The van der Waals surface area contributed by atoms with Crippen LogP contribution in [-0.2, 0) is 0 Å². The van der Waals surface area contributed by atoms with E-state index in [1.807, 2.05) is 0 Å². The van der Waals surface area contributed by atoms with E-state index in [4.69, 9.17) is 10.5 Å². The molecule has 0 spiro atoms. The molecule has 0 saturated heterocycles. The molecule has 2 N–H and O–H groups in total. The molecule has 0 radical (unpaired) electrons. The molecular weight excluding hydrogens is 341 g/mol. The molecule has 1 heterocycles. The van der Waals surface area contributed by atoms with Crippen molar-refractivity contribution in [1.82, 2.24) is 4.98 Å². The van der Waals surface area contributed by atoms with Gasteiger partial charge in [0.2, 0.25) is 0 Å². The quantitative estimate of drug-likeness (QED) is 0.906. The second-order valence-electron chi connectivity index (χ2n) is 3.66. The third kappa shape index (κ3) is 4.02. The molecule has 0 aliphatic rings. The maximum Gasteiger partial charge on any atom is 0.573 e. The predicted octanol–water partition coefficient (Wildman–Crippen LogP) is 4.12. The van der Waals surface area contributed by atoms with Crippen LogP contribution in [0.2, 0.25) is 0 Å². The van der Waals surface area contributed by atoms with Crippen LogP contribution in [0.25, 0.3) is 0 Å². The number of nitrogens with zero attached hydrogens (tertiary/aromatic N) is 1. The van der Waals surface area contributed by atoms with Crippen molar-refractivity contribution in [3.8, 4) is 17.2 Å². The van der Waals surface area contributed by atoms with E-state index in [9.17, 15) is 13.2 Å². The monoisotopic (exact) mass is 348 g/mol. The predicted molar refractivity (Wildman–Crippen MR) is 69.5 cm³/mol. The Bertz CT molecular complexity index is 620. The van der Waals surface area contributed by atoms with Crippen molar-refractivity contribution in [3.63, 3.8) is 0 Å². The Labute approximate surface area is 120 Å². The van der Waals surface area contributed by atoms with E-state index in [2.05, 4.69) is 25.7 Å². The molecule has 1 aromatic carbocycles. The molecular formula is C12H8BrF3N2O2. The summed E-state index contributed by atoms with van der Waals surface area (Å²) in [5, 5.41) is 0. The van der Waals surface area contributed by atoms with Gasteiger partial charge in [-0.25, -0.2) is 4.98 Å². The van der Waals surface area contributed by atoms with E-state index in [0.29, 0.717) is 11.5 Å². The number of ether oxygens (including phenoxy) is 2. The molecule has 0 unspecified atom stereocenters. The van der Waals surface area contributed by atoms with Gasteiger partial charge in [-0.3, -0.25) is 0 Å². The van der Waals surface area contributed by atoms with Crippen LogP contribution < -0.4 is 15.2 Å². The number of aromatic nitrogens is 1. The Morgan fingerprint density at radius 1 is 1.10 bits per heavy atom. The van der Waals surface area contributed by atoms with E-state index < -0.39 is 6.36 Å². The zero-order valence-corrected chi connectivity index (χ0v) is 11.4. The summed E-state index contributed by atoms with van der Waals surface area (Å²) in [5.74, 6) is 0.684. The smallest absolute Gasteiger partial charge is 0.457 e. The average Bonchev–Trinajstić information content (AvgIpc) is 2.31. The summed E-state index contributed by atoms with van der Waals surface area (Å²) < 4.78 is 45.7. The second kappa shape index (κ2) is 5.58. The van der Waals surface area contributed by atoms with Crippen molar-refractivity contribution in [2.45, 2.75) is 6.36 Å². The Kier molecular flexibility index (Phi) is 4.03. The van der Waals surface area contributed by atoms with E-state index in [1.165, 1.54) is 24.4 Å². The number of halogens is 4. The molecule has 0 amide bonds. The van der Waals surface area contributed by atoms with Gasteiger partial charge in [0.15, 0.2) is 0 Å². The molecule has 0 fully saturated rings. The lowest BCUT2D eigenvalue weighted by Gasteiger charge is -2.12. The highest BCUT2D eigenvalue weighted by atomic mass is 79.9. The van der Waals surface area contributed by atoms with E-state index >= 15 is 0 Å². The normalized spacial score (nSPS) is 11.2. The lowest BCUT2D eigenvalue weighted by Crippen LogP contribution is -2.17. The molecule has 4 nitrogen and oxygen atoms in total. The molecule has 0 aliphatic carbocycles. The first-order chi connectivity index (χ1) is 9.33. The summed E-state index contributed by atoms with van der Waals surface area (Å²) >= 11 is 2.99. The zero-order chi connectivity index (χ0) is 14.8. The molecule has 8 heteroatoms. The Morgan fingerprint density at radius 2 is 1.80 bits per heavy atom. The van der Waals surface area contributed by atoms with Gasteiger partial charge in [0.05, 0.1) is 4.47 Å². The molecule has 2 aromatic rings. The largest absolute Gasteiger partial charge is 0.573 e. The van der Waals surface area contributed by atoms with Gasteiger partial charge in [-0.1, -0.05) is 0 Å². The van der Waals surface area contributed by atoms with Gasteiger partial charge in [0, 0.05) is 12.3 Å². The number of pyridine rings is 1. The molecule has 0 saturated carbocycles. The highest BCUT2D eigenvalue weighted by Crippen LogP contribution is 2.34. The average molecular weight is 349 g/mol. The lowest BCUT2D eigenvalue weighted by atomic mass is 10.3. The van der Waals surface area contributed by atoms with E-state index in [1.54, 1.807) is 6.07 Å². The van der Waals surface area contributed by atoms with Gasteiger partial charge in [-0.2, -0.15) is 0 Å². The first-order valence-electron chi connectivity index (χ1n) is 5.28. The summed E-state index contributed by atoms with van der Waals surface area (Å²) in [4.78, 5) is 3.80. The molecule has 1 aromatic heterocycles. The third-order valence-electron chi connectivity index (χ3n) is 2.12. The Balaban J connectivity index is 2.17. The number of nitrogens with two attached hydrogens (primary N) is 1. The Hall–Kier alpha value is -1.96. The van der Waals surface area contributed by atoms with Gasteiger partial charge < -0.3 is 15.2 Å². The minimum atomic E-state index is -4.75. The van der Waals surface area contributed by atoms with Crippen LogP contribution in [0.1, 0.15) is 0 Å². The highest BCUT2D eigenvalue weighted by Gasteiger charge is 2.32. The van der Waals surface area contributed by atoms with Gasteiger partial charge in [-0.15, -0.1) is 13.2 Å². The van der Waals surface area contributed by atoms with Crippen molar-refractivity contribution in [2.24, 2.45) is 0 Å². The van der Waals surface area contributed by atoms with Crippen LogP contribution in [0.15, 0.2) is 41.0 Å². The molecule has 106 valence electrons. The molecule has 2 rings (SSSR count). The van der Waals surface area contributed by atoms with Crippen molar-refractivity contribution in [2.75, 3.05) is 5.73 Å². The maximum atomic E-state index is 12.1. The lowest BCUT2D eigenvalue weighted by molar-refractivity contribution is -0.274. The Morgan fingerprint density at radius 3 is 2.40 bits per heavy atom. The summed E-state index contributed by atoms with van der Waals surface area (Å²) in [5.41, 5.74) is 5.49. The standard InChI is InChI=1S/C12H8BrF3N2O2/c13-9-5-7(1-2-10(9)20-12(14,15)16)19-8-3-4-18-11(17)6-8/h1-6H,(H2,17,18). The fraction of sp³-hybridized carbons (Fsp3) is 0.0833. The maximum absolute atomic E-state index is 12.1. The van der Waals surface area contributed by atoms with Crippen LogP contribution in [0.5, 0.6) is 17.2 Å². The summed E-state index contributed by atoms with van der Waals surface area (Å²) in [7, 11) is 0. The molecule has 20 heavy (non-hydrogen) atoms. The number of anilines is 1. The second-order valence-corrected chi connectivity index (χ2v) is 4.51. The molecule has 0 aliphatic heterocycles. The van der Waals surface area contributed by atoms with Crippen LogP contribution in [0.3, 0.4) is 0 Å². The van der Waals surface area contributed by atoms with Crippen molar-refractivity contribution in [3.05, 3.63) is 41.0 Å². The highest BCUT2D eigenvalue weighted by molar-refractivity contribution is 9.10. The van der Waals surface area contributed by atoms with Gasteiger partial charge in [0.1, 0.15) is 23.1 Å². The third-order valence-corrected chi connectivity index (χ3v) is 2.74. The number of rotatable bonds is 3. The molecule has 0 atom stereocenters. The SMILES string of the molecule is Nc1cc(Oc2ccc(OC(F)(F)F)c(Br)c2)ccn1. The summed E-state index contributed by atoms with van der Waals surface area (Å²) in [6, 6.07) is 6.93. The van der Waals surface area contributed by atoms with Crippen molar-refractivity contribution in [1.29, 1.82) is 0 Å². The topological polar surface area (TPSA) is 57.4 Å². The van der Waals surface area contributed by atoms with Crippen LogP contribution in [-0.4, -0.2) is 11.3 Å². The number of alkyl halides is 3. The summed E-state index contributed by atoms with van der Waals surface area (Å²) in [6.07, 6.45) is -3.29. The minimum absolute atomic E-state index is 0.120.